The van der Waals surface area contributed by atoms with Crippen molar-refractivity contribution in [1.82, 2.24) is 10.2 Å². The number of nitrogens with one attached hydrogen (secondary N) is 3. The first-order valence-corrected chi connectivity index (χ1v) is 10.4. The van der Waals surface area contributed by atoms with Crippen molar-refractivity contribution in [2.24, 2.45) is 5.92 Å². The van der Waals surface area contributed by atoms with E-state index in [4.69, 9.17) is 0 Å². The van der Waals surface area contributed by atoms with Gasteiger partial charge in [-0.1, -0.05) is 12.8 Å². The van der Waals surface area contributed by atoms with Crippen LogP contribution >= 0.6 is 0 Å². The maximum atomic E-state index is 12.4. The summed E-state index contributed by atoms with van der Waals surface area (Å²) in [6, 6.07) is 7.35. The standard InChI is InChI=1S/C21H32N4O2/c26-20(10-5-17-11-13-22-14-12-17)23-18-6-8-19(9-7-18)24-21(27)25-15-3-1-2-4-16-25/h6-9,17,22H,1-5,10-16H2,(H,23,26)(H,24,27). The number of carbonyl (C=O) groups excluding carboxylic acids is 2. The van der Waals surface area contributed by atoms with Crippen LogP contribution < -0.4 is 16.0 Å². The van der Waals surface area contributed by atoms with Crippen LogP contribution in [-0.2, 0) is 4.79 Å². The number of anilines is 2. The molecule has 1 aromatic carbocycles. The van der Waals surface area contributed by atoms with Gasteiger partial charge in [0.2, 0.25) is 5.91 Å². The maximum Gasteiger partial charge on any atom is 0.321 e. The van der Waals surface area contributed by atoms with Gasteiger partial charge in [0.1, 0.15) is 0 Å². The van der Waals surface area contributed by atoms with Gasteiger partial charge in [-0.3, -0.25) is 4.79 Å². The summed E-state index contributed by atoms with van der Waals surface area (Å²) in [7, 11) is 0. The molecule has 2 heterocycles. The van der Waals surface area contributed by atoms with E-state index in [9.17, 15) is 9.59 Å². The number of piperidine rings is 1. The van der Waals surface area contributed by atoms with Crippen molar-refractivity contribution in [3.8, 4) is 0 Å². The van der Waals surface area contributed by atoms with E-state index in [1.165, 1.54) is 25.7 Å². The van der Waals surface area contributed by atoms with Gasteiger partial charge >= 0.3 is 6.03 Å². The molecule has 1 aromatic rings. The number of rotatable bonds is 5. The van der Waals surface area contributed by atoms with Gasteiger partial charge in [0.25, 0.3) is 0 Å². The second-order valence-corrected chi connectivity index (χ2v) is 7.69. The number of likely N-dealkylation sites (tertiary alicyclic amines) is 1. The van der Waals surface area contributed by atoms with E-state index in [1.807, 2.05) is 29.2 Å². The van der Waals surface area contributed by atoms with Crippen molar-refractivity contribution < 1.29 is 9.59 Å². The summed E-state index contributed by atoms with van der Waals surface area (Å²) >= 11 is 0. The topological polar surface area (TPSA) is 73.5 Å². The molecule has 6 nitrogen and oxygen atoms in total. The number of benzene rings is 1. The fraction of sp³-hybridized carbons (Fsp3) is 0.619. The van der Waals surface area contributed by atoms with Gasteiger partial charge in [-0.2, -0.15) is 0 Å². The summed E-state index contributed by atoms with van der Waals surface area (Å²) in [4.78, 5) is 26.4. The highest BCUT2D eigenvalue weighted by atomic mass is 16.2. The zero-order chi connectivity index (χ0) is 18.9. The number of nitrogens with zero attached hydrogens (tertiary/aromatic N) is 1. The van der Waals surface area contributed by atoms with Crippen LogP contribution in [0.4, 0.5) is 16.2 Å². The largest absolute Gasteiger partial charge is 0.326 e. The molecule has 0 spiro atoms. The van der Waals surface area contributed by atoms with Crippen molar-refractivity contribution in [2.45, 2.75) is 51.4 Å². The first kappa shape index (κ1) is 19.7. The van der Waals surface area contributed by atoms with Gasteiger partial charge in [-0.25, -0.2) is 4.79 Å². The molecule has 148 valence electrons. The SMILES string of the molecule is O=C(CCC1CCNCC1)Nc1ccc(NC(=O)N2CCCCCC2)cc1. The summed E-state index contributed by atoms with van der Waals surface area (Å²) in [6.07, 6.45) is 8.42. The summed E-state index contributed by atoms with van der Waals surface area (Å²) in [5, 5.41) is 9.26. The first-order chi connectivity index (χ1) is 13.2. The van der Waals surface area contributed by atoms with Gasteiger partial charge in [0.05, 0.1) is 0 Å². The van der Waals surface area contributed by atoms with Crippen molar-refractivity contribution >= 4 is 23.3 Å². The molecular weight excluding hydrogens is 340 g/mol. The summed E-state index contributed by atoms with van der Waals surface area (Å²) in [6.45, 7) is 3.79. The van der Waals surface area contributed by atoms with Crippen LogP contribution in [0.15, 0.2) is 24.3 Å². The van der Waals surface area contributed by atoms with Crippen LogP contribution in [0.5, 0.6) is 0 Å². The summed E-state index contributed by atoms with van der Waals surface area (Å²) < 4.78 is 0. The van der Waals surface area contributed by atoms with Crippen LogP contribution in [0.25, 0.3) is 0 Å². The molecule has 0 unspecified atom stereocenters. The molecule has 3 N–H and O–H groups in total. The predicted octanol–water partition coefficient (Wildman–Crippen LogP) is 3.81. The Morgan fingerprint density at radius 1 is 0.926 bits per heavy atom. The lowest BCUT2D eigenvalue weighted by molar-refractivity contribution is -0.116. The van der Waals surface area contributed by atoms with Crippen molar-refractivity contribution in [3.05, 3.63) is 24.3 Å². The van der Waals surface area contributed by atoms with Gasteiger partial charge in [0.15, 0.2) is 0 Å². The van der Waals surface area contributed by atoms with Crippen LogP contribution in [0.2, 0.25) is 0 Å². The Morgan fingerprint density at radius 2 is 1.52 bits per heavy atom. The van der Waals surface area contributed by atoms with Crippen molar-refractivity contribution in [3.63, 3.8) is 0 Å². The Bertz CT molecular complexity index is 603. The van der Waals surface area contributed by atoms with E-state index in [1.54, 1.807) is 0 Å². The van der Waals surface area contributed by atoms with Crippen LogP contribution in [0, 0.1) is 5.92 Å². The monoisotopic (exact) mass is 372 g/mol. The third kappa shape index (κ3) is 6.54. The van der Waals surface area contributed by atoms with Gasteiger partial charge in [-0.05, 0) is 75.4 Å². The smallest absolute Gasteiger partial charge is 0.321 e. The molecular formula is C21H32N4O2. The molecule has 3 amide bonds. The van der Waals surface area contributed by atoms with E-state index in [0.717, 1.165) is 56.8 Å². The van der Waals surface area contributed by atoms with E-state index in [2.05, 4.69) is 16.0 Å². The lowest BCUT2D eigenvalue weighted by Crippen LogP contribution is -2.35. The van der Waals surface area contributed by atoms with E-state index < -0.39 is 0 Å². The minimum atomic E-state index is -0.0318. The lowest BCUT2D eigenvalue weighted by Gasteiger charge is -2.22. The number of amides is 3. The van der Waals surface area contributed by atoms with Crippen molar-refractivity contribution in [1.29, 1.82) is 0 Å². The minimum Gasteiger partial charge on any atom is -0.326 e. The summed E-state index contributed by atoms with van der Waals surface area (Å²) in [5.41, 5.74) is 1.54. The average molecular weight is 373 g/mol. The molecule has 3 rings (SSSR count). The maximum absolute atomic E-state index is 12.4. The number of carbonyl (C=O) groups is 2. The molecule has 0 bridgehead atoms. The van der Waals surface area contributed by atoms with Gasteiger partial charge < -0.3 is 20.9 Å². The third-order valence-corrected chi connectivity index (χ3v) is 5.55. The van der Waals surface area contributed by atoms with Crippen LogP contribution in [0.1, 0.15) is 51.4 Å². The minimum absolute atomic E-state index is 0.0318. The normalized spacial score (nSPS) is 18.6. The number of urea groups is 1. The average Bonchev–Trinajstić information content (AvgIpc) is 2.98. The highest BCUT2D eigenvalue weighted by molar-refractivity contribution is 5.92. The Hall–Kier alpha value is -2.08. The molecule has 0 aliphatic carbocycles. The molecule has 0 atom stereocenters. The molecule has 0 saturated carbocycles. The first-order valence-electron chi connectivity index (χ1n) is 10.4. The molecule has 2 aliphatic rings. The highest BCUT2D eigenvalue weighted by Gasteiger charge is 2.16. The van der Waals surface area contributed by atoms with E-state index in [-0.39, 0.29) is 11.9 Å². The van der Waals surface area contributed by atoms with Crippen LogP contribution in [0.3, 0.4) is 0 Å². The number of hydrogen-bond acceptors (Lipinski definition) is 3. The van der Waals surface area contributed by atoms with Gasteiger partial charge in [0, 0.05) is 30.9 Å². The fourth-order valence-corrected chi connectivity index (χ4v) is 3.84. The second-order valence-electron chi connectivity index (χ2n) is 7.69. The quantitative estimate of drug-likeness (QED) is 0.736. The molecule has 27 heavy (non-hydrogen) atoms. The Morgan fingerprint density at radius 3 is 2.15 bits per heavy atom. The molecule has 0 aromatic heterocycles. The highest BCUT2D eigenvalue weighted by Crippen LogP contribution is 2.19. The zero-order valence-corrected chi connectivity index (χ0v) is 16.1. The Labute approximate surface area is 162 Å². The van der Waals surface area contributed by atoms with Crippen molar-refractivity contribution in [2.75, 3.05) is 36.8 Å². The van der Waals surface area contributed by atoms with Crippen LogP contribution in [-0.4, -0.2) is 43.0 Å². The number of hydrogen-bond donors (Lipinski definition) is 3. The third-order valence-electron chi connectivity index (χ3n) is 5.55. The Kier molecular flexibility index (Phi) is 7.51. The predicted molar refractivity (Wildman–Crippen MR) is 109 cm³/mol. The molecule has 2 fully saturated rings. The molecule has 0 radical (unpaired) electrons. The molecule has 2 saturated heterocycles. The zero-order valence-electron chi connectivity index (χ0n) is 16.1. The summed E-state index contributed by atoms with van der Waals surface area (Å²) in [5.74, 6) is 0.725. The van der Waals surface area contributed by atoms with E-state index in [0.29, 0.717) is 12.3 Å². The second kappa shape index (κ2) is 10.3. The molecule has 2 aliphatic heterocycles. The lowest BCUT2D eigenvalue weighted by atomic mass is 9.93. The fourth-order valence-electron chi connectivity index (χ4n) is 3.84. The Balaban J connectivity index is 1.42. The molecule has 6 heteroatoms. The van der Waals surface area contributed by atoms with Gasteiger partial charge in [-0.15, -0.1) is 0 Å². The van der Waals surface area contributed by atoms with E-state index >= 15 is 0 Å².